The van der Waals surface area contributed by atoms with Gasteiger partial charge in [-0.2, -0.15) is 0 Å². The van der Waals surface area contributed by atoms with Gasteiger partial charge in [0.25, 0.3) is 0 Å². The van der Waals surface area contributed by atoms with Gasteiger partial charge < -0.3 is 15.8 Å². The molecule has 1 rings (SSSR count). The van der Waals surface area contributed by atoms with Crippen molar-refractivity contribution in [2.75, 3.05) is 13.2 Å². The lowest BCUT2D eigenvalue weighted by Crippen LogP contribution is -2.45. The number of hydrogen-bond donors (Lipinski definition) is 2. The SMILES string of the molecule is CCCCOC(=O)[C@H](Cc1ccccc1)NC(=O)CN.Cl. The molecular weight excluding hydrogens is 292 g/mol. The van der Waals surface area contributed by atoms with Crippen molar-refractivity contribution in [3.63, 3.8) is 0 Å². The van der Waals surface area contributed by atoms with Crippen LogP contribution in [-0.2, 0) is 20.7 Å². The molecule has 1 amide bonds. The number of esters is 1. The van der Waals surface area contributed by atoms with Gasteiger partial charge in [0.15, 0.2) is 0 Å². The highest BCUT2D eigenvalue weighted by Gasteiger charge is 2.22. The van der Waals surface area contributed by atoms with Crippen LogP contribution in [0.15, 0.2) is 30.3 Å². The lowest BCUT2D eigenvalue weighted by Gasteiger charge is -2.17. The highest BCUT2D eigenvalue weighted by Crippen LogP contribution is 2.05. The smallest absolute Gasteiger partial charge is 0.328 e. The summed E-state index contributed by atoms with van der Waals surface area (Å²) >= 11 is 0. The summed E-state index contributed by atoms with van der Waals surface area (Å²) in [6.07, 6.45) is 2.16. The van der Waals surface area contributed by atoms with Gasteiger partial charge >= 0.3 is 5.97 Å². The minimum Gasteiger partial charge on any atom is -0.464 e. The fourth-order valence-corrected chi connectivity index (χ4v) is 1.71. The summed E-state index contributed by atoms with van der Waals surface area (Å²) in [6.45, 7) is 2.25. The zero-order valence-electron chi connectivity index (χ0n) is 12.2. The number of amides is 1. The van der Waals surface area contributed by atoms with Crippen LogP contribution in [0.3, 0.4) is 0 Å². The van der Waals surface area contributed by atoms with Gasteiger partial charge in [-0.25, -0.2) is 4.79 Å². The van der Waals surface area contributed by atoms with E-state index in [1.807, 2.05) is 37.3 Å². The van der Waals surface area contributed by atoms with Crippen LogP contribution in [0.25, 0.3) is 0 Å². The molecule has 0 heterocycles. The van der Waals surface area contributed by atoms with Crippen molar-refractivity contribution in [2.24, 2.45) is 5.73 Å². The van der Waals surface area contributed by atoms with Crippen molar-refractivity contribution >= 4 is 24.3 Å². The van der Waals surface area contributed by atoms with Gasteiger partial charge in [-0.3, -0.25) is 4.79 Å². The second-order valence-corrected chi connectivity index (χ2v) is 4.53. The quantitative estimate of drug-likeness (QED) is 0.562. The number of nitrogens with one attached hydrogen (secondary N) is 1. The van der Waals surface area contributed by atoms with Gasteiger partial charge in [-0.1, -0.05) is 43.7 Å². The maximum atomic E-state index is 12.0. The molecule has 0 aliphatic heterocycles. The van der Waals surface area contributed by atoms with Crippen molar-refractivity contribution in [1.29, 1.82) is 0 Å². The second kappa shape index (κ2) is 11.1. The number of ether oxygens (including phenoxy) is 1. The van der Waals surface area contributed by atoms with Crippen LogP contribution in [0.4, 0.5) is 0 Å². The number of halogens is 1. The number of rotatable bonds is 8. The van der Waals surface area contributed by atoms with E-state index in [0.29, 0.717) is 13.0 Å². The Morgan fingerprint density at radius 1 is 1.29 bits per heavy atom. The predicted octanol–water partition coefficient (Wildman–Crippen LogP) is 1.44. The van der Waals surface area contributed by atoms with E-state index in [-0.39, 0.29) is 24.9 Å². The summed E-state index contributed by atoms with van der Waals surface area (Å²) in [5.41, 5.74) is 6.23. The molecule has 0 saturated carbocycles. The average molecular weight is 315 g/mol. The number of carbonyl (C=O) groups excluding carboxylic acids is 2. The molecule has 5 nitrogen and oxygen atoms in total. The summed E-state index contributed by atoms with van der Waals surface area (Å²) in [4.78, 5) is 23.4. The molecule has 0 saturated heterocycles. The Kier molecular flexibility index (Phi) is 10.3. The molecule has 1 atom stereocenters. The van der Waals surface area contributed by atoms with Crippen LogP contribution in [0.1, 0.15) is 25.3 Å². The summed E-state index contributed by atoms with van der Waals surface area (Å²) in [5, 5.41) is 2.60. The standard InChI is InChI=1S/C15H22N2O3.ClH/c1-2-3-9-20-15(19)13(17-14(18)11-16)10-12-7-5-4-6-8-12;/h4-8,13H,2-3,9-11,16H2,1H3,(H,17,18);1H/t13-;/m0./s1. The summed E-state index contributed by atoms with van der Waals surface area (Å²) in [7, 11) is 0. The summed E-state index contributed by atoms with van der Waals surface area (Å²) in [5.74, 6) is -0.775. The van der Waals surface area contributed by atoms with Crippen molar-refractivity contribution in [2.45, 2.75) is 32.2 Å². The third-order valence-electron chi connectivity index (χ3n) is 2.83. The Balaban J connectivity index is 0.00000400. The number of hydrogen-bond acceptors (Lipinski definition) is 4. The van der Waals surface area contributed by atoms with E-state index >= 15 is 0 Å². The van der Waals surface area contributed by atoms with Crippen LogP contribution < -0.4 is 11.1 Å². The molecule has 0 spiro atoms. The first-order valence-electron chi connectivity index (χ1n) is 6.87. The van der Waals surface area contributed by atoms with Gasteiger partial charge in [0, 0.05) is 6.42 Å². The largest absolute Gasteiger partial charge is 0.464 e. The van der Waals surface area contributed by atoms with Crippen molar-refractivity contribution < 1.29 is 14.3 Å². The molecule has 0 aromatic heterocycles. The van der Waals surface area contributed by atoms with E-state index in [2.05, 4.69) is 5.32 Å². The van der Waals surface area contributed by atoms with Crippen LogP contribution in [0.2, 0.25) is 0 Å². The van der Waals surface area contributed by atoms with Crippen LogP contribution in [0, 0.1) is 0 Å². The van der Waals surface area contributed by atoms with E-state index in [1.165, 1.54) is 0 Å². The molecular formula is C15H23ClN2O3. The molecule has 118 valence electrons. The highest BCUT2D eigenvalue weighted by atomic mass is 35.5. The summed E-state index contributed by atoms with van der Waals surface area (Å²) in [6, 6.07) is 8.79. The van der Waals surface area contributed by atoms with Gasteiger partial charge in [0.1, 0.15) is 6.04 Å². The molecule has 0 unspecified atom stereocenters. The lowest BCUT2D eigenvalue weighted by molar-refractivity contribution is -0.147. The fraction of sp³-hybridized carbons (Fsp3) is 0.467. The Morgan fingerprint density at radius 3 is 2.52 bits per heavy atom. The molecule has 21 heavy (non-hydrogen) atoms. The Hall–Kier alpha value is -1.59. The number of nitrogens with two attached hydrogens (primary N) is 1. The first kappa shape index (κ1) is 19.4. The van der Waals surface area contributed by atoms with E-state index in [4.69, 9.17) is 10.5 Å². The third kappa shape index (κ3) is 7.68. The molecule has 0 aliphatic rings. The molecule has 3 N–H and O–H groups in total. The minimum absolute atomic E-state index is 0. The van der Waals surface area contributed by atoms with Gasteiger partial charge in [-0.05, 0) is 12.0 Å². The normalized spacial score (nSPS) is 11.1. The van der Waals surface area contributed by atoms with E-state index in [9.17, 15) is 9.59 Å². The van der Waals surface area contributed by atoms with Crippen molar-refractivity contribution in [1.82, 2.24) is 5.32 Å². The highest BCUT2D eigenvalue weighted by molar-refractivity contribution is 5.85. The molecule has 0 bridgehead atoms. The van der Waals surface area contributed by atoms with Crippen LogP contribution >= 0.6 is 12.4 Å². The monoisotopic (exact) mass is 314 g/mol. The average Bonchev–Trinajstić information content (AvgIpc) is 2.47. The Bertz CT molecular complexity index is 426. The molecule has 6 heteroatoms. The number of unbranched alkanes of at least 4 members (excludes halogenated alkanes) is 1. The number of carbonyl (C=O) groups is 2. The van der Waals surface area contributed by atoms with Crippen LogP contribution in [-0.4, -0.2) is 31.1 Å². The number of benzene rings is 1. The van der Waals surface area contributed by atoms with E-state index in [0.717, 1.165) is 18.4 Å². The van der Waals surface area contributed by atoms with Crippen molar-refractivity contribution in [3.8, 4) is 0 Å². The predicted molar refractivity (Wildman–Crippen MR) is 84.2 cm³/mol. The maximum absolute atomic E-state index is 12.0. The molecule has 1 aromatic rings. The van der Waals surface area contributed by atoms with Crippen molar-refractivity contribution in [3.05, 3.63) is 35.9 Å². The topological polar surface area (TPSA) is 81.4 Å². The maximum Gasteiger partial charge on any atom is 0.328 e. The molecule has 0 fully saturated rings. The minimum atomic E-state index is -0.690. The van der Waals surface area contributed by atoms with Crippen LogP contribution in [0.5, 0.6) is 0 Å². The first-order chi connectivity index (χ1) is 9.67. The zero-order valence-corrected chi connectivity index (χ0v) is 13.0. The zero-order chi connectivity index (χ0) is 14.8. The third-order valence-corrected chi connectivity index (χ3v) is 2.83. The molecule has 0 radical (unpaired) electrons. The lowest BCUT2D eigenvalue weighted by atomic mass is 10.1. The van der Waals surface area contributed by atoms with Gasteiger partial charge in [0.05, 0.1) is 13.2 Å². The van der Waals surface area contributed by atoms with Gasteiger partial charge in [-0.15, -0.1) is 12.4 Å². The Labute approximate surface area is 131 Å². The molecule has 1 aromatic carbocycles. The van der Waals surface area contributed by atoms with Gasteiger partial charge in [0.2, 0.25) is 5.91 Å². The fourth-order valence-electron chi connectivity index (χ4n) is 1.71. The second-order valence-electron chi connectivity index (χ2n) is 4.53. The first-order valence-corrected chi connectivity index (χ1v) is 6.87. The Morgan fingerprint density at radius 2 is 1.95 bits per heavy atom. The molecule has 0 aliphatic carbocycles. The van der Waals surface area contributed by atoms with E-state index in [1.54, 1.807) is 0 Å². The van der Waals surface area contributed by atoms with E-state index < -0.39 is 12.0 Å². The summed E-state index contributed by atoms with van der Waals surface area (Å²) < 4.78 is 5.17.